The Morgan fingerprint density at radius 1 is 0.840 bits per heavy atom. The Bertz CT molecular complexity index is 667. The van der Waals surface area contributed by atoms with Gasteiger partial charge in [-0.15, -0.1) is 0 Å². The predicted molar refractivity (Wildman–Crippen MR) is 92.4 cm³/mol. The van der Waals surface area contributed by atoms with Crippen molar-refractivity contribution in [1.82, 2.24) is 4.90 Å². The normalized spacial score (nSPS) is 19.2. The second kappa shape index (κ2) is 7.81. The van der Waals surface area contributed by atoms with Crippen molar-refractivity contribution in [3.8, 4) is 11.5 Å². The van der Waals surface area contributed by atoms with Crippen molar-refractivity contribution in [2.24, 2.45) is 5.73 Å². The van der Waals surface area contributed by atoms with E-state index in [2.05, 4.69) is 0 Å². The van der Waals surface area contributed by atoms with Gasteiger partial charge in [0, 0.05) is 12.1 Å². The maximum Gasteiger partial charge on any atom is 0.425 e. The Balaban J connectivity index is 1.77. The number of carbonyl (C=O) groups is 2. The van der Waals surface area contributed by atoms with E-state index < -0.39 is 12.2 Å². The summed E-state index contributed by atoms with van der Waals surface area (Å²) in [6, 6.07) is 16.9. The molecular weight excluding hydrogens is 320 g/mol. The lowest BCUT2D eigenvalue weighted by molar-refractivity contribution is 0.115. The van der Waals surface area contributed by atoms with E-state index in [0.29, 0.717) is 24.3 Å². The largest absolute Gasteiger partial charge is 0.425 e. The highest BCUT2D eigenvalue weighted by atomic mass is 16.6. The number of hydrogen-bond donors (Lipinski definition) is 1. The highest BCUT2D eigenvalue weighted by molar-refractivity contribution is 5.90. The molecule has 1 fully saturated rings. The number of amides is 2. The van der Waals surface area contributed by atoms with E-state index in [4.69, 9.17) is 15.2 Å². The van der Waals surface area contributed by atoms with Gasteiger partial charge in [-0.3, -0.25) is 0 Å². The first-order chi connectivity index (χ1) is 12.1. The van der Waals surface area contributed by atoms with Gasteiger partial charge in [0.1, 0.15) is 11.5 Å². The molecular formula is C19H20N2O4. The first-order valence-electron chi connectivity index (χ1n) is 8.22. The third kappa shape index (κ3) is 4.36. The number of nitrogens with zero attached hydrogens (tertiary/aromatic N) is 1. The van der Waals surface area contributed by atoms with Crippen LogP contribution in [0.15, 0.2) is 60.7 Å². The average molecular weight is 340 g/mol. The van der Waals surface area contributed by atoms with Gasteiger partial charge in [-0.1, -0.05) is 36.4 Å². The second-order valence-electron chi connectivity index (χ2n) is 5.96. The molecule has 0 heterocycles. The SMILES string of the molecule is NC1CCC(N(C(=O)Oc2ccccc2)C(=O)Oc2ccccc2)C1. The summed E-state index contributed by atoms with van der Waals surface area (Å²) in [5.74, 6) is 0.736. The van der Waals surface area contributed by atoms with Gasteiger partial charge >= 0.3 is 12.2 Å². The molecule has 0 bridgehead atoms. The summed E-state index contributed by atoms with van der Waals surface area (Å²) in [6.45, 7) is 0. The van der Waals surface area contributed by atoms with E-state index in [1.165, 1.54) is 0 Å². The fourth-order valence-electron chi connectivity index (χ4n) is 2.88. The molecule has 2 atom stereocenters. The summed E-state index contributed by atoms with van der Waals surface area (Å²) in [5, 5.41) is 0. The van der Waals surface area contributed by atoms with Crippen LogP contribution in [0.4, 0.5) is 9.59 Å². The van der Waals surface area contributed by atoms with Crippen molar-refractivity contribution >= 4 is 12.2 Å². The van der Waals surface area contributed by atoms with Crippen LogP contribution in [-0.4, -0.2) is 29.2 Å². The number of carbonyl (C=O) groups excluding carboxylic acids is 2. The molecule has 1 aliphatic carbocycles. The van der Waals surface area contributed by atoms with Crippen molar-refractivity contribution in [3.05, 3.63) is 60.7 Å². The highest BCUT2D eigenvalue weighted by Crippen LogP contribution is 2.25. The number of hydrogen-bond acceptors (Lipinski definition) is 5. The quantitative estimate of drug-likeness (QED) is 0.924. The number of imide groups is 1. The van der Waals surface area contributed by atoms with Gasteiger partial charge in [0.15, 0.2) is 0 Å². The molecule has 2 aromatic carbocycles. The van der Waals surface area contributed by atoms with Gasteiger partial charge in [-0.2, -0.15) is 0 Å². The van der Waals surface area contributed by atoms with Crippen LogP contribution in [0.2, 0.25) is 0 Å². The number of ether oxygens (including phenoxy) is 2. The van der Waals surface area contributed by atoms with E-state index in [0.717, 1.165) is 11.3 Å². The van der Waals surface area contributed by atoms with Gasteiger partial charge in [-0.05, 0) is 43.5 Å². The predicted octanol–water partition coefficient (Wildman–Crippen LogP) is 3.57. The zero-order valence-corrected chi connectivity index (χ0v) is 13.7. The van der Waals surface area contributed by atoms with Crippen LogP contribution in [0, 0.1) is 0 Å². The Morgan fingerprint density at radius 2 is 1.32 bits per heavy atom. The number of rotatable bonds is 3. The van der Waals surface area contributed by atoms with E-state index in [1.54, 1.807) is 48.5 Å². The fraction of sp³-hybridized carbons (Fsp3) is 0.263. The molecule has 0 aliphatic heterocycles. The van der Waals surface area contributed by atoms with E-state index in [9.17, 15) is 9.59 Å². The minimum atomic E-state index is -0.758. The lowest BCUT2D eigenvalue weighted by atomic mass is 10.2. The van der Waals surface area contributed by atoms with Crippen molar-refractivity contribution < 1.29 is 19.1 Å². The van der Waals surface area contributed by atoms with Crippen LogP contribution >= 0.6 is 0 Å². The van der Waals surface area contributed by atoms with Gasteiger partial charge < -0.3 is 15.2 Å². The van der Waals surface area contributed by atoms with Crippen LogP contribution in [0.25, 0.3) is 0 Å². The average Bonchev–Trinajstić information content (AvgIpc) is 3.02. The zero-order chi connectivity index (χ0) is 17.6. The molecule has 130 valence electrons. The molecule has 3 rings (SSSR count). The highest BCUT2D eigenvalue weighted by Gasteiger charge is 2.37. The molecule has 2 aromatic rings. The van der Waals surface area contributed by atoms with Crippen molar-refractivity contribution in [3.63, 3.8) is 0 Å². The summed E-state index contributed by atoms with van der Waals surface area (Å²) in [5.41, 5.74) is 5.94. The summed E-state index contributed by atoms with van der Waals surface area (Å²) in [4.78, 5) is 26.2. The van der Waals surface area contributed by atoms with Crippen LogP contribution in [-0.2, 0) is 0 Å². The van der Waals surface area contributed by atoms with Gasteiger partial charge in [0.05, 0.1) is 0 Å². The van der Waals surface area contributed by atoms with Crippen LogP contribution in [0.3, 0.4) is 0 Å². The molecule has 2 unspecified atom stereocenters. The lowest BCUT2D eigenvalue weighted by Gasteiger charge is -2.25. The standard InChI is InChI=1S/C19H20N2O4/c20-14-11-12-15(13-14)21(18(22)24-16-7-3-1-4-8-16)19(23)25-17-9-5-2-6-10-17/h1-10,14-15H,11-13,20H2. The number of benzene rings is 2. The summed E-state index contributed by atoms with van der Waals surface area (Å²) in [6.07, 6.45) is 0.402. The first-order valence-corrected chi connectivity index (χ1v) is 8.22. The molecule has 0 spiro atoms. The third-order valence-electron chi connectivity index (χ3n) is 4.10. The van der Waals surface area contributed by atoms with Crippen LogP contribution in [0.5, 0.6) is 11.5 Å². The smallest absolute Gasteiger partial charge is 0.410 e. The molecule has 25 heavy (non-hydrogen) atoms. The monoisotopic (exact) mass is 340 g/mol. The van der Waals surface area contributed by atoms with Crippen molar-refractivity contribution in [2.75, 3.05) is 0 Å². The summed E-state index contributed by atoms with van der Waals surface area (Å²) in [7, 11) is 0. The molecule has 2 N–H and O–H groups in total. The topological polar surface area (TPSA) is 81.9 Å². The molecule has 1 saturated carbocycles. The third-order valence-corrected chi connectivity index (χ3v) is 4.10. The molecule has 0 aromatic heterocycles. The van der Waals surface area contributed by atoms with Crippen molar-refractivity contribution in [2.45, 2.75) is 31.3 Å². The first kappa shape index (κ1) is 17.0. The van der Waals surface area contributed by atoms with Crippen LogP contribution < -0.4 is 15.2 Å². The minimum absolute atomic E-state index is 0.0402. The number of nitrogens with two attached hydrogens (primary N) is 1. The molecule has 0 saturated heterocycles. The van der Waals surface area contributed by atoms with Gasteiger partial charge in [0.2, 0.25) is 0 Å². The second-order valence-corrected chi connectivity index (χ2v) is 5.96. The summed E-state index contributed by atoms with van der Waals surface area (Å²) < 4.78 is 10.7. The molecule has 6 nitrogen and oxygen atoms in total. The van der Waals surface area contributed by atoms with E-state index in [-0.39, 0.29) is 12.1 Å². The molecule has 1 aliphatic rings. The maximum atomic E-state index is 12.6. The number of para-hydroxylation sites is 2. The Kier molecular flexibility index (Phi) is 5.30. The molecule has 6 heteroatoms. The molecule has 0 radical (unpaired) electrons. The van der Waals surface area contributed by atoms with E-state index in [1.807, 2.05) is 12.1 Å². The van der Waals surface area contributed by atoms with E-state index >= 15 is 0 Å². The maximum absolute atomic E-state index is 12.6. The Morgan fingerprint density at radius 3 is 1.72 bits per heavy atom. The Hall–Kier alpha value is -2.86. The van der Waals surface area contributed by atoms with Crippen LogP contribution in [0.1, 0.15) is 19.3 Å². The lowest BCUT2D eigenvalue weighted by Crippen LogP contribution is -2.47. The van der Waals surface area contributed by atoms with Gasteiger partial charge in [-0.25, -0.2) is 14.5 Å². The fourth-order valence-corrected chi connectivity index (χ4v) is 2.88. The van der Waals surface area contributed by atoms with Gasteiger partial charge in [0.25, 0.3) is 0 Å². The van der Waals surface area contributed by atoms with Crippen molar-refractivity contribution in [1.29, 1.82) is 0 Å². The minimum Gasteiger partial charge on any atom is -0.410 e. The summed E-state index contributed by atoms with van der Waals surface area (Å²) >= 11 is 0. The molecule has 2 amide bonds. The Labute approximate surface area is 146 Å². The zero-order valence-electron chi connectivity index (χ0n) is 13.7.